The Kier molecular flexibility index (Phi) is 6.20. The van der Waals surface area contributed by atoms with Crippen LogP contribution in [-0.4, -0.2) is 41.0 Å². The lowest BCUT2D eigenvalue weighted by molar-refractivity contribution is 0.0945. The lowest BCUT2D eigenvalue weighted by atomic mass is 10.1. The average molecular weight is 443 g/mol. The van der Waals surface area contributed by atoms with E-state index in [1.54, 1.807) is 16.7 Å². The monoisotopic (exact) mass is 442 g/mol. The van der Waals surface area contributed by atoms with Gasteiger partial charge in [-0.1, -0.05) is 18.6 Å². The number of nitrogens with zero attached hydrogens (tertiary/aromatic N) is 3. The molecule has 0 bridgehead atoms. The summed E-state index contributed by atoms with van der Waals surface area (Å²) in [5, 5.41) is 3.55. The van der Waals surface area contributed by atoms with Gasteiger partial charge in [0.2, 0.25) is 0 Å². The third-order valence-electron chi connectivity index (χ3n) is 5.95. The zero-order chi connectivity index (χ0) is 22.1. The molecule has 0 radical (unpaired) electrons. The Hall–Kier alpha value is -2.58. The number of halogens is 1. The van der Waals surface area contributed by atoms with E-state index in [0.717, 1.165) is 37.1 Å². The van der Waals surface area contributed by atoms with Crippen LogP contribution in [0.25, 0.3) is 10.2 Å². The number of carbonyl (C=O) groups is 1. The third-order valence-corrected chi connectivity index (χ3v) is 7.14. The number of aryl methyl sites for hydroxylation is 2. The minimum absolute atomic E-state index is 0.0350. The number of fused-ring (bicyclic) bond motifs is 2. The molecule has 1 aliphatic rings. The van der Waals surface area contributed by atoms with Gasteiger partial charge in [-0.3, -0.25) is 14.2 Å². The summed E-state index contributed by atoms with van der Waals surface area (Å²) in [5.74, 6) is 0.324. The second-order valence-electron chi connectivity index (χ2n) is 8.27. The van der Waals surface area contributed by atoms with Crippen molar-refractivity contribution in [1.82, 2.24) is 19.8 Å². The van der Waals surface area contributed by atoms with Crippen molar-refractivity contribution in [1.29, 1.82) is 0 Å². The second kappa shape index (κ2) is 8.88. The standard InChI is InChI=1S/C23H27FN4O2S/c1-14-19-22(26-18-7-5-4-6-12-28(18)23(19)30)31-20(14)21(29)25-13-17(27(2)3)15-8-10-16(24)11-9-15/h8-11,17H,4-7,12-13H2,1-3H3,(H,25,29). The molecule has 3 aromatic rings. The Balaban J connectivity index is 1.60. The Morgan fingerprint density at radius 1 is 1.26 bits per heavy atom. The van der Waals surface area contributed by atoms with Gasteiger partial charge in [0, 0.05) is 19.5 Å². The highest BCUT2D eigenvalue weighted by atomic mass is 32.1. The normalized spacial score (nSPS) is 15.0. The molecule has 6 nitrogen and oxygen atoms in total. The zero-order valence-corrected chi connectivity index (χ0v) is 18.9. The average Bonchev–Trinajstić information content (AvgIpc) is 2.90. The molecule has 1 N–H and O–H groups in total. The first kappa shape index (κ1) is 21.6. The van der Waals surface area contributed by atoms with Crippen LogP contribution in [0.2, 0.25) is 0 Å². The van der Waals surface area contributed by atoms with E-state index in [9.17, 15) is 14.0 Å². The van der Waals surface area contributed by atoms with Crippen LogP contribution >= 0.6 is 11.3 Å². The van der Waals surface area contributed by atoms with Crippen molar-refractivity contribution in [2.75, 3.05) is 20.6 Å². The topological polar surface area (TPSA) is 67.2 Å². The minimum Gasteiger partial charge on any atom is -0.349 e. The second-order valence-corrected chi connectivity index (χ2v) is 9.27. The fourth-order valence-electron chi connectivity index (χ4n) is 4.18. The largest absolute Gasteiger partial charge is 0.349 e. The highest BCUT2D eigenvalue weighted by Crippen LogP contribution is 2.28. The van der Waals surface area contributed by atoms with E-state index < -0.39 is 0 Å². The van der Waals surface area contributed by atoms with Gasteiger partial charge in [-0.2, -0.15) is 0 Å². The van der Waals surface area contributed by atoms with Crippen LogP contribution in [0.4, 0.5) is 4.39 Å². The summed E-state index contributed by atoms with van der Waals surface area (Å²) in [7, 11) is 3.84. The molecule has 0 fully saturated rings. The molecule has 164 valence electrons. The summed E-state index contributed by atoms with van der Waals surface area (Å²) in [6.07, 6.45) is 3.91. The quantitative estimate of drug-likeness (QED) is 0.655. The number of amides is 1. The number of aromatic nitrogens is 2. The molecular weight excluding hydrogens is 415 g/mol. The maximum Gasteiger partial charge on any atom is 0.262 e. The lowest BCUT2D eigenvalue weighted by Crippen LogP contribution is -2.34. The third kappa shape index (κ3) is 4.27. The van der Waals surface area contributed by atoms with Gasteiger partial charge in [0.1, 0.15) is 16.5 Å². The molecule has 2 aromatic heterocycles. The Labute approximate surface area is 184 Å². The van der Waals surface area contributed by atoms with Gasteiger partial charge >= 0.3 is 0 Å². The maximum atomic E-state index is 13.3. The fourth-order valence-corrected chi connectivity index (χ4v) is 5.29. The molecule has 0 saturated heterocycles. The molecule has 3 heterocycles. The van der Waals surface area contributed by atoms with Gasteiger partial charge in [-0.15, -0.1) is 11.3 Å². The number of carbonyl (C=O) groups excluding carboxylic acids is 1. The number of benzene rings is 1. The van der Waals surface area contributed by atoms with Crippen molar-refractivity contribution in [2.45, 2.75) is 45.2 Å². The van der Waals surface area contributed by atoms with Gasteiger partial charge in [0.15, 0.2) is 0 Å². The number of hydrogen-bond acceptors (Lipinski definition) is 5. The highest BCUT2D eigenvalue weighted by Gasteiger charge is 2.23. The van der Waals surface area contributed by atoms with Crippen LogP contribution in [0.5, 0.6) is 0 Å². The van der Waals surface area contributed by atoms with E-state index in [1.807, 2.05) is 25.9 Å². The summed E-state index contributed by atoms with van der Waals surface area (Å²) in [5.41, 5.74) is 1.58. The smallest absolute Gasteiger partial charge is 0.262 e. The summed E-state index contributed by atoms with van der Waals surface area (Å²) in [4.78, 5) is 34.0. The van der Waals surface area contributed by atoms with Crippen molar-refractivity contribution in [3.8, 4) is 0 Å². The summed E-state index contributed by atoms with van der Waals surface area (Å²) in [6, 6.07) is 6.21. The number of thiophene rings is 1. The van der Waals surface area contributed by atoms with Gasteiger partial charge < -0.3 is 10.2 Å². The minimum atomic E-state index is -0.289. The molecule has 0 aliphatic carbocycles. The van der Waals surface area contributed by atoms with Crippen LogP contribution in [-0.2, 0) is 13.0 Å². The van der Waals surface area contributed by atoms with Gasteiger partial charge in [0.25, 0.3) is 11.5 Å². The van der Waals surface area contributed by atoms with E-state index in [-0.39, 0.29) is 23.3 Å². The van der Waals surface area contributed by atoms with Gasteiger partial charge in [0.05, 0.1) is 16.3 Å². The molecule has 1 atom stereocenters. The number of likely N-dealkylation sites (N-methyl/N-ethyl adjacent to an activating group) is 1. The van der Waals surface area contributed by atoms with Crippen LogP contribution in [0.15, 0.2) is 29.1 Å². The van der Waals surface area contributed by atoms with E-state index in [2.05, 4.69) is 5.32 Å². The van der Waals surface area contributed by atoms with E-state index >= 15 is 0 Å². The Morgan fingerprint density at radius 3 is 2.71 bits per heavy atom. The molecule has 31 heavy (non-hydrogen) atoms. The molecule has 1 aliphatic heterocycles. The fraction of sp³-hybridized carbons (Fsp3) is 0.435. The molecule has 4 rings (SSSR count). The highest BCUT2D eigenvalue weighted by molar-refractivity contribution is 7.20. The van der Waals surface area contributed by atoms with Crippen molar-refractivity contribution in [2.24, 2.45) is 0 Å². The number of nitrogens with one attached hydrogen (secondary N) is 1. The van der Waals surface area contributed by atoms with Crippen molar-refractivity contribution >= 4 is 27.5 Å². The van der Waals surface area contributed by atoms with Crippen molar-refractivity contribution < 1.29 is 9.18 Å². The van der Waals surface area contributed by atoms with E-state index in [0.29, 0.717) is 33.7 Å². The first-order valence-electron chi connectivity index (χ1n) is 10.6. The molecule has 1 amide bonds. The van der Waals surface area contributed by atoms with Gasteiger partial charge in [-0.25, -0.2) is 9.37 Å². The molecular formula is C23H27FN4O2S. The predicted octanol–water partition coefficient (Wildman–Crippen LogP) is 3.66. The van der Waals surface area contributed by atoms with Crippen LogP contribution in [0.3, 0.4) is 0 Å². The summed E-state index contributed by atoms with van der Waals surface area (Å²) < 4.78 is 15.1. The van der Waals surface area contributed by atoms with Gasteiger partial charge in [-0.05, 0) is 57.1 Å². The van der Waals surface area contributed by atoms with E-state index in [1.165, 1.54) is 23.5 Å². The van der Waals surface area contributed by atoms with Crippen LogP contribution < -0.4 is 10.9 Å². The predicted molar refractivity (Wildman–Crippen MR) is 121 cm³/mol. The number of hydrogen-bond donors (Lipinski definition) is 1. The molecule has 8 heteroatoms. The van der Waals surface area contributed by atoms with Crippen LogP contribution in [0, 0.1) is 12.7 Å². The Bertz CT molecular complexity index is 1170. The number of rotatable bonds is 5. The Morgan fingerprint density at radius 2 is 2.00 bits per heavy atom. The van der Waals surface area contributed by atoms with Crippen molar-refractivity contribution in [3.63, 3.8) is 0 Å². The molecule has 0 saturated carbocycles. The SMILES string of the molecule is Cc1c(C(=O)NCC(c2ccc(F)cc2)N(C)C)sc2nc3n(c(=O)c12)CCCCC3. The molecule has 1 aromatic carbocycles. The summed E-state index contributed by atoms with van der Waals surface area (Å²) in [6.45, 7) is 2.88. The first-order chi connectivity index (χ1) is 14.9. The lowest BCUT2D eigenvalue weighted by Gasteiger charge is -2.25. The first-order valence-corrected chi connectivity index (χ1v) is 11.4. The van der Waals surface area contributed by atoms with Crippen LogP contribution in [0.1, 0.15) is 51.9 Å². The molecule has 1 unspecified atom stereocenters. The van der Waals surface area contributed by atoms with E-state index in [4.69, 9.17) is 4.98 Å². The van der Waals surface area contributed by atoms with Crippen molar-refractivity contribution in [3.05, 3.63) is 62.3 Å². The maximum absolute atomic E-state index is 13.3. The molecule has 0 spiro atoms. The summed E-state index contributed by atoms with van der Waals surface area (Å²) >= 11 is 1.28. The zero-order valence-electron chi connectivity index (χ0n) is 18.1.